The van der Waals surface area contributed by atoms with Crippen molar-refractivity contribution in [1.29, 1.82) is 0 Å². The van der Waals surface area contributed by atoms with Crippen LogP contribution in [0.4, 0.5) is 10.1 Å². The van der Waals surface area contributed by atoms with E-state index in [4.69, 9.17) is 21.1 Å². The lowest BCUT2D eigenvalue weighted by Crippen LogP contribution is -2.30. The van der Waals surface area contributed by atoms with Crippen LogP contribution in [0.25, 0.3) is 0 Å². The Morgan fingerprint density at radius 2 is 1.75 bits per heavy atom. The zero-order valence-corrected chi connectivity index (χ0v) is 16.1. The molecule has 0 radical (unpaired) electrons. The number of nitrogens with zero attached hydrogens (tertiary/aromatic N) is 1. The molecule has 1 heterocycles. The highest BCUT2D eigenvalue weighted by atomic mass is 35.5. The van der Waals surface area contributed by atoms with Crippen LogP contribution >= 0.6 is 11.6 Å². The molecule has 144 valence electrons. The van der Waals surface area contributed by atoms with Crippen molar-refractivity contribution < 1.29 is 22.3 Å². The molecule has 0 atom stereocenters. The van der Waals surface area contributed by atoms with E-state index < -0.39 is 15.8 Å². The summed E-state index contributed by atoms with van der Waals surface area (Å²) in [5.41, 5.74) is 0.849. The van der Waals surface area contributed by atoms with Crippen LogP contribution in [-0.4, -0.2) is 15.2 Å². The topological polar surface area (TPSA) is 55.8 Å². The number of ether oxygens (including phenoxy) is 2. The van der Waals surface area contributed by atoms with E-state index in [0.29, 0.717) is 22.7 Å². The van der Waals surface area contributed by atoms with Gasteiger partial charge in [0.15, 0.2) is 11.5 Å². The Morgan fingerprint density at radius 1 is 0.964 bits per heavy atom. The van der Waals surface area contributed by atoms with E-state index in [9.17, 15) is 12.8 Å². The Hall–Kier alpha value is -2.77. The van der Waals surface area contributed by atoms with Crippen LogP contribution in [0, 0.1) is 5.82 Å². The first-order chi connectivity index (χ1) is 13.4. The second-order valence-corrected chi connectivity index (χ2v) is 8.35. The minimum atomic E-state index is -4.03. The molecule has 0 saturated carbocycles. The maximum atomic E-state index is 13.7. The highest BCUT2D eigenvalue weighted by molar-refractivity contribution is 7.93. The van der Waals surface area contributed by atoms with Gasteiger partial charge in [0.25, 0.3) is 10.0 Å². The van der Waals surface area contributed by atoms with Crippen LogP contribution in [0.1, 0.15) is 5.56 Å². The van der Waals surface area contributed by atoms with Gasteiger partial charge >= 0.3 is 0 Å². The smallest absolute Gasteiger partial charge is 0.266 e. The molecule has 8 heteroatoms. The molecule has 0 N–H and O–H groups in total. The molecular formula is C20H15ClFNO4S. The van der Waals surface area contributed by atoms with E-state index in [-0.39, 0.29) is 23.3 Å². The van der Waals surface area contributed by atoms with E-state index in [1.54, 1.807) is 36.4 Å². The van der Waals surface area contributed by atoms with Gasteiger partial charge in [0.2, 0.25) is 6.79 Å². The van der Waals surface area contributed by atoms with E-state index in [1.165, 1.54) is 34.6 Å². The van der Waals surface area contributed by atoms with Crippen molar-refractivity contribution in [2.75, 3.05) is 11.1 Å². The fraction of sp³-hybridized carbons (Fsp3) is 0.100. The highest BCUT2D eigenvalue weighted by Crippen LogP contribution is 2.38. The zero-order chi connectivity index (χ0) is 19.7. The molecule has 0 saturated heterocycles. The zero-order valence-electron chi connectivity index (χ0n) is 14.5. The molecule has 1 aliphatic heterocycles. The number of hydrogen-bond acceptors (Lipinski definition) is 4. The average Bonchev–Trinajstić information content (AvgIpc) is 3.14. The first-order valence-electron chi connectivity index (χ1n) is 8.36. The maximum absolute atomic E-state index is 13.7. The van der Waals surface area contributed by atoms with Gasteiger partial charge in [-0.1, -0.05) is 35.9 Å². The van der Waals surface area contributed by atoms with Gasteiger partial charge in [-0.15, -0.1) is 0 Å². The van der Waals surface area contributed by atoms with Gasteiger partial charge in [0.1, 0.15) is 10.7 Å². The van der Waals surface area contributed by atoms with E-state index >= 15 is 0 Å². The molecule has 0 bridgehead atoms. The van der Waals surface area contributed by atoms with Crippen molar-refractivity contribution in [3.8, 4) is 11.5 Å². The predicted octanol–water partition coefficient (Wildman–Crippen LogP) is 4.60. The molecule has 0 amide bonds. The average molecular weight is 420 g/mol. The first kappa shape index (κ1) is 18.6. The molecular weight excluding hydrogens is 405 g/mol. The molecule has 3 aromatic carbocycles. The summed E-state index contributed by atoms with van der Waals surface area (Å²) < 4.78 is 52.3. The van der Waals surface area contributed by atoms with Gasteiger partial charge < -0.3 is 9.47 Å². The number of rotatable bonds is 5. The minimum Gasteiger partial charge on any atom is -0.454 e. The molecule has 0 fully saturated rings. The van der Waals surface area contributed by atoms with Crippen molar-refractivity contribution in [3.63, 3.8) is 0 Å². The number of benzene rings is 3. The molecule has 0 aliphatic carbocycles. The molecule has 0 spiro atoms. The molecule has 3 aromatic rings. The summed E-state index contributed by atoms with van der Waals surface area (Å²) in [4.78, 5) is -0.0364. The maximum Gasteiger partial charge on any atom is 0.266 e. The molecule has 1 aliphatic rings. The van der Waals surface area contributed by atoms with Gasteiger partial charge in [-0.25, -0.2) is 12.8 Å². The fourth-order valence-electron chi connectivity index (χ4n) is 2.93. The van der Waals surface area contributed by atoms with Crippen LogP contribution in [0.5, 0.6) is 11.5 Å². The summed E-state index contributed by atoms with van der Waals surface area (Å²) in [5.74, 6) is 0.527. The van der Waals surface area contributed by atoms with Crippen LogP contribution in [0.15, 0.2) is 71.6 Å². The molecule has 4 rings (SSSR count). The summed E-state index contributed by atoms with van der Waals surface area (Å²) in [6.07, 6.45) is 0. The summed E-state index contributed by atoms with van der Waals surface area (Å²) in [5, 5.41) is 0.104. The second kappa shape index (κ2) is 7.33. The van der Waals surface area contributed by atoms with Crippen LogP contribution in [0.2, 0.25) is 5.02 Å². The Balaban J connectivity index is 1.83. The third-order valence-electron chi connectivity index (χ3n) is 4.26. The number of sulfonamides is 1. The van der Waals surface area contributed by atoms with Crippen molar-refractivity contribution in [2.45, 2.75) is 11.4 Å². The molecule has 0 unspecified atom stereocenters. The largest absolute Gasteiger partial charge is 0.454 e. The lowest BCUT2D eigenvalue weighted by Gasteiger charge is -2.25. The standard InChI is InChI=1S/C20H15ClFNO4S/c21-17-6-1-2-7-20(17)28(24,25)23(12-14-4-3-5-15(22)10-14)16-8-9-18-19(11-16)27-13-26-18/h1-11H,12-13H2. The van der Waals surface area contributed by atoms with Crippen molar-refractivity contribution in [3.05, 3.63) is 83.1 Å². The highest BCUT2D eigenvalue weighted by Gasteiger charge is 2.29. The normalized spacial score (nSPS) is 12.8. The fourth-order valence-corrected chi connectivity index (χ4v) is 4.87. The summed E-state index contributed by atoms with van der Waals surface area (Å²) >= 11 is 6.15. The van der Waals surface area contributed by atoms with Gasteiger partial charge in [-0.05, 0) is 42.0 Å². The summed E-state index contributed by atoms with van der Waals surface area (Å²) in [7, 11) is -4.03. The second-order valence-electron chi connectivity index (χ2n) is 6.11. The summed E-state index contributed by atoms with van der Waals surface area (Å²) in [6.45, 7) is -0.00902. The van der Waals surface area contributed by atoms with Gasteiger partial charge in [0.05, 0.1) is 17.3 Å². The van der Waals surface area contributed by atoms with E-state index in [1.807, 2.05) is 0 Å². The van der Waals surface area contributed by atoms with E-state index in [0.717, 1.165) is 0 Å². The number of anilines is 1. The quantitative estimate of drug-likeness (QED) is 0.606. The van der Waals surface area contributed by atoms with Crippen LogP contribution < -0.4 is 13.8 Å². The molecule has 0 aromatic heterocycles. The number of fused-ring (bicyclic) bond motifs is 1. The Kier molecular flexibility index (Phi) is 4.87. The minimum absolute atomic E-state index is 0.0364. The van der Waals surface area contributed by atoms with Crippen molar-refractivity contribution in [1.82, 2.24) is 0 Å². The van der Waals surface area contributed by atoms with Gasteiger partial charge in [-0.3, -0.25) is 4.31 Å². The predicted molar refractivity (Wildman–Crippen MR) is 104 cm³/mol. The van der Waals surface area contributed by atoms with E-state index in [2.05, 4.69) is 0 Å². The molecule has 28 heavy (non-hydrogen) atoms. The van der Waals surface area contributed by atoms with Crippen LogP contribution in [-0.2, 0) is 16.6 Å². The van der Waals surface area contributed by atoms with Crippen LogP contribution in [0.3, 0.4) is 0 Å². The molecule has 5 nitrogen and oxygen atoms in total. The lowest BCUT2D eigenvalue weighted by molar-refractivity contribution is 0.174. The Bertz CT molecular complexity index is 1140. The van der Waals surface area contributed by atoms with Crippen molar-refractivity contribution >= 4 is 27.3 Å². The van der Waals surface area contributed by atoms with Gasteiger partial charge in [-0.2, -0.15) is 0 Å². The third-order valence-corrected chi connectivity index (χ3v) is 6.54. The lowest BCUT2D eigenvalue weighted by atomic mass is 10.2. The first-order valence-corrected chi connectivity index (χ1v) is 10.2. The Morgan fingerprint density at radius 3 is 2.54 bits per heavy atom. The Labute approximate surface area is 166 Å². The van der Waals surface area contributed by atoms with Crippen molar-refractivity contribution in [2.24, 2.45) is 0 Å². The van der Waals surface area contributed by atoms with Gasteiger partial charge in [0, 0.05) is 6.07 Å². The third kappa shape index (κ3) is 3.50. The number of halogens is 2. The summed E-state index contributed by atoms with van der Waals surface area (Å²) in [6, 6.07) is 16.8. The SMILES string of the molecule is O=S(=O)(c1ccccc1Cl)N(Cc1cccc(F)c1)c1ccc2c(c1)OCO2. The monoisotopic (exact) mass is 419 g/mol. The number of hydrogen-bond donors (Lipinski definition) is 0.